The first kappa shape index (κ1) is 24.1. The van der Waals surface area contributed by atoms with Crippen molar-refractivity contribution in [3.05, 3.63) is 65.7 Å². The average molecular weight is 453 g/mol. The van der Waals surface area contributed by atoms with Gasteiger partial charge in [-0.1, -0.05) is 50.2 Å². The molecule has 0 saturated carbocycles. The van der Waals surface area contributed by atoms with Crippen molar-refractivity contribution in [2.75, 3.05) is 33.3 Å². The van der Waals surface area contributed by atoms with Gasteiger partial charge in [0, 0.05) is 38.3 Å². The SMILES string of the molecule is COc1cccc(C(=O)N2CCN(C(=O)C(NC(=O)NCc3ccccc3)C(C)C)CC2)c1. The maximum atomic E-state index is 13.1. The quantitative estimate of drug-likeness (QED) is 0.675. The van der Waals surface area contributed by atoms with Gasteiger partial charge in [0.1, 0.15) is 11.8 Å². The molecule has 8 heteroatoms. The second kappa shape index (κ2) is 11.4. The molecule has 176 valence electrons. The van der Waals surface area contributed by atoms with Crippen LogP contribution in [0, 0.1) is 5.92 Å². The van der Waals surface area contributed by atoms with Crippen molar-refractivity contribution >= 4 is 17.8 Å². The van der Waals surface area contributed by atoms with E-state index >= 15 is 0 Å². The summed E-state index contributed by atoms with van der Waals surface area (Å²) in [7, 11) is 1.56. The summed E-state index contributed by atoms with van der Waals surface area (Å²) in [5.74, 6) is 0.343. The zero-order valence-electron chi connectivity index (χ0n) is 19.4. The summed E-state index contributed by atoms with van der Waals surface area (Å²) in [5, 5.41) is 5.63. The zero-order valence-corrected chi connectivity index (χ0v) is 19.4. The van der Waals surface area contributed by atoms with Crippen LogP contribution in [0.1, 0.15) is 29.8 Å². The van der Waals surface area contributed by atoms with Gasteiger partial charge in [0.2, 0.25) is 5.91 Å². The largest absolute Gasteiger partial charge is 0.497 e. The number of methoxy groups -OCH3 is 1. The van der Waals surface area contributed by atoms with E-state index in [-0.39, 0.29) is 23.8 Å². The van der Waals surface area contributed by atoms with Crippen molar-refractivity contribution in [2.45, 2.75) is 26.4 Å². The Hall–Kier alpha value is -3.55. The first-order valence-electron chi connectivity index (χ1n) is 11.2. The van der Waals surface area contributed by atoms with Crippen LogP contribution in [0.25, 0.3) is 0 Å². The summed E-state index contributed by atoms with van der Waals surface area (Å²) in [6, 6.07) is 15.6. The molecule has 0 aliphatic carbocycles. The van der Waals surface area contributed by atoms with Gasteiger partial charge in [-0.05, 0) is 29.7 Å². The van der Waals surface area contributed by atoms with Gasteiger partial charge >= 0.3 is 6.03 Å². The molecule has 2 aromatic rings. The fraction of sp³-hybridized carbons (Fsp3) is 0.400. The van der Waals surface area contributed by atoms with Gasteiger partial charge in [0.15, 0.2) is 0 Å². The first-order valence-corrected chi connectivity index (χ1v) is 11.2. The maximum absolute atomic E-state index is 13.1. The number of hydrogen-bond donors (Lipinski definition) is 2. The fourth-order valence-corrected chi connectivity index (χ4v) is 3.75. The third-order valence-electron chi connectivity index (χ3n) is 5.71. The van der Waals surface area contributed by atoms with E-state index in [9.17, 15) is 14.4 Å². The molecule has 2 aromatic carbocycles. The molecular formula is C25H32N4O4. The van der Waals surface area contributed by atoms with Crippen LogP contribution >= 0.6 is 0 Å². The lowest BCUT2D eigenvalue weighted by Crippen LogP contribution is -2.58. The predicted octanol–water partition coefficient (Wildman–Crippen LogP) is 2.50. The number of benzene rings is 2. The van der Waals surface area contributed by atoms with Gasteiger partial charge in [-0.3, -0.25) is 9.59 Å². The molecule has 33 heavy (non-hydrogen) atoms. The van der Waals surface area contributed by atoms with Crippen molar-refractivity contribution in [1.29, 1.82) is 0 Å². The molecule has 0 spiro atoms. The monoisotopic (exact) mass is 452 g/mol. The van der Waals surface area contributed by atoms with Gasteiger partial charge < -0.3 is 25.2 Å². The molecule has 1 heterocycles. The number of carbonyl (C=O) groups excluding carboxylic acids is 3. The molecule has 0 aromatic heterocycles. The highest BCUT2D eigenvalue weighted by atomic mass is 16.5. The Balaban J connectivity index is 1.53. The van der Waals surface area contributed by atoms with E-state index in [1.54, 1.807) is 41.2 Å². The molecule has 1 unspecified atom stereocenters. The van der Waals surface area contributed by atoms with Crippen LogP contribution in [0.4, 0.5) is 4.79 Å². The van der Waals surface area contributed by atoms with Crippen LogP contribution in [0.3, 0.4) is 0 Å². The van der Waals surface area contributed by atoms with Crippen LogP contribution in [0.5, 0.6) is 5.75 Å². The Morgan fingerprint density at radius 3 is 2.24 bits per heavy atom. The molecule has 3 rings (SSSR count). The smallest absolute Gasteiger partial charge is 0.315 e. The van der Waals surface area contributed by atoms with Crippen molar-refractivity contribution in [3.8, 4) is 5.75 Å². The van der Waals surface area contributed by atoms with E-state index in [4.69, 9.17) is 4.74 Å². The summed E-state index contributed by atoms with van der Waals surface area (Å²) >= 11 is 0. The van der Waals surface area contributed by atoms with Crippen LogP contribution < -0.4 is 15.4 Å². The highest BCUT2D eigenvalue weighted by molar-refractivity contribution is 5.95. The van der Waals surface area contributed by atoms with Crippen molar-refractivity contribution in [1.82, 2.24) is 20.4 Å². The second-order valence-corrected chi connectivity index (χ2v) is 8.38. The zero-order chi connectivity index (χ0) is 23.8. The molecule has 1 saturated heterocycles. The van der Waals surface area contributed by atoms with E-state index in [0.29, 0.717) is 44.0 Å². The number of ether oxygens (including phenoxy) is 1. The summed E-state index contributed by atoms with van der Waals surface area (Å²) in [6.07, 6.45) is 0. The highest BCUT2D eigenvalue weighted by Crippen LogP contribution is 2.16. The minimum atomic E-state index is -0.638. The minimum absolute atomic E-state index is 0.0728. The molecule has 8 nitrogen and oxygen atoms in total. The lowest BCUT2D eigenvalue weighted by molar-refractivity contribution is -0.135. The molecule has 1 aliphatic heterocycles. The summed E-state index contributed by atoms with van der Waals surface area (Å²) in [4.78, 5) is 41.8. The summed E-state index contributed by atoms with van der Waals surface area (Å²) in [6.45, 7) is 5.91. The number of piperazine rings is 1. The Bertz CT molecular complexity index is 956. The maximum Gasteiger partial charge on any atom is 0.315 e. The van der Waals surface area contributed by atoms with E-state index in [2.05, 4.69) is 10.6 Å². The molecular weight excluding hydrogens is 420 g/mol. The van der Waals surface area contributed by atoms with Crippen LogP contribution in [0.15, 0.2) is 54.6 Å². The Morgan fingerprint density at radius 1 is 0.939 bits per heavy atom. The predicted molar refractivity (Wildman–Crippen MR) is 126 cm³/mol. The molecule has 1 aliphatic rings. The van der Waals surface area contributed by atoms with Gasteiger partial charge in [-0.25, -0.2) is 4.79 Å². The average Bonchev–Trinajstić information content (AvgIpc) is 2.85. The third kappa shape index (κ3) is 6.47. The number of rotatable bonds is 7. The second-order valence-electron chi connectivity index (χ2n) is 8.38. The van der Waals surface area contributed by atoms with Gasteiger partial charge in [0.05, 0.1) is 7.11 Å². The fourth-order valence-electron chi connectivity index (χ4n) is 3.75. The Morgan fingerprint density at radius 2 is 1.61 bits per heavy atom. The lowest BCUT2D eigenvalue weighted by atomic mass is 10.0. The standard InChI is InChI=1S/C25H32N4O4/c1-18(2)22(27-25(32)26-17-19-8-5-4-6-9-19)24(31)29-14-12-28(13-15-29)23(30)20-10-7-11-21(16-20)33-3/h4-11,16,18,22H,12-15,17H2,1-3H3,(H2,26,27,32). The number of amides is 4. The van der Waals surface area contributed by atoms with Crippen molar-refractivity contribution in [3.63, 3.8) is 0 Å². The van der Waals surface area contributed by atoms with Crippen LogP contribution in [-0.4, -0.2) is 67.0 Å². The number of carbonyl (C=O) groups is 3. The van der Waals surface area contributed by atoms with Gasteiger partial charge in [0.25, 0.3) is 5.91 Å². The van der Waals surface area contributed by atoms with E-state index in [1.165, 1.54) is 0 Å². The Kier molecular flexibility index (Phi) is 8.29. The number of urea groups is 1. The van der Waals surface area contributed by atoms with Crippen LogP contribution in [0.2, 0.25) is 0 Å². The molecule has 1 atom stereocenters. The summed E-state index contributed by atoms with van der Waals surface area (Å²) < 4.78 is 5.20. The Labute approximate surface area is 194 Å². The topological polar surface area (TPSA) is 91.0 Å². The van der Waals surface area contributed by atoms with E-state index in [0.717, 1.165) is 5.56 Å². The first-order chi connectivity index (χ1) is 15.9. The lowest BCUT2D eigenvalue weighted by Gasteiger charge is -2.37. The number of nitrogens with one attached hydrogen (secondary N) is 2. The third-order valence-corrected chi connectivity index (χ3v) is 5.71. The molecule has 0 bridgehead atoms. The normalized spacial score (nSPS) is 14.5. The van der Waals surface area contributed by atoms with Gasteiger partial charge in [-0.15, -0.1) is 0 Å². The van der Waals surface area contributed by atoms with Crippen molar-refractivity contribution < 1.29 is 19.1 Å². The summed E-state index contributed by atoms with van der Waals surface area (Å²) in [5.41, 5.74) is 1.54. The minimum Gasteiger partial charge on any atom is -0.497 e. The van der Waals surface area contributed by atoms with Crippen molar-refractivity contribution in [2.24, 2.45) is 5.92 Å². The molecule has 1 fully saturated rings. The molecule has 0 radical (unpaired) electrons. The van der Waals surface area contributed by atoms with E-state index in [1.807, 2.05) is 44.2 Å². The molecule has 2 N–H and O–H groups in total. The highest BCUT2D eigenvalue weighted by Gasteiger charge is 2.32. The van der Waals surface area contributed by atoms with Gasteiger partial charge in [-0.2, -0.15) is 0 Å². The van der Waals surface area contributed by atoms with Crippen LogP contribution in [-0.2, 0) is 11.3 Å². The van der Waals surface area contributed by atoms with E-state index < -0.39 is 6.04 Å². The number of nitrogens with zero attached hydrogens (tertiary/aromatic N) is 2. The molecule has 4 amide bonds. The number of hydrogen-bond acceptors (Lipinski definition) is 4.